The molecule has 1 aromatic carbocycles. The average Bonchev–Trinajstić information content (AvgIpc) is 3.12. The molecule has 1 saturated heterocycles. The van der Waals surface area contributed by atoms with Gasteiger partial charge in [0.15, 0.2) is 0 Å². The fourth-order valence-electron chi connectivity index (χ4n) is 3.38. The first-order valence-corrected chi connectivity index (χ1v) is 9.04. The largest absolute Gasteiger partial charge is 0.467 e. The fourth-order valence-corrected chi connectivity index (χ4v) is 3.38. The maximum atomic E-state index is 12.3. The molecule has 1 aliphatic heterocycles. The maximum Gasteiger partial charge on any atom is 0.254 e. The Hall–Kier alpha value is -1.53. The smallest absolute Gasteiger partial charge is 0.254 e. The van der Waals surface area contributed by atoms with Crippen molar-refractivity contribution in [3.8, 4) is 0 Å². The Morgan fingerprint density at radius 2 is 2.00 bits per heavy atom. The summed E-state index contributed by atoms with van der Waals surface area (Å²) in [6.07, 6.45) is 5.32. The molecule has 1 atom stereocenters. The van der Waals surface area contributed by atoms with Gasteiger partial charge in [-0.3, -0.25) is 9.69 Å². The van der Waals surface area contributed by atoms with Gasteiger partial charge in [0.25, 0.3) is 5.91 Å². The van der Waals surface area contributed by atoms with Crippen molar-refractivity contribution >= 4 is 30.7 Å². The molecular weight excluding hydrogens is 385 g/mol. The molecule has 0 bridgehead atoms. The summed E-state index contributed by atoms with van der Waals surface area (Å²) < 4.78 is 5.23. The third-order valence-corrected chi connectivity index (χ3v) is 4.99. The Bertz CT molecular complexity index is 721. The molecule has 3 N–H and O–H groups in total. The van der Waals surface area contributed by atoms with Crippen LogP contribution in [0.2, 0.25) is 0 Å². The van der Waals surface area contributed by atoms with E-state index in [-0.39, 0.29) is 30.7 Å². The summed E-state index contributed by atoms with van der Waals surface area (Å²) in [5.74, 6) is 0.481. The molecule has 150 valence electrons. The number of benzene rings is 1. The van der Waals surface area contributed by atoms with E-state index >= 15 is 0 Å². The Morgan fingerprint density at radius 3 is 2.67 bits per heavy atom. The lowest BCUT2D eigenvalue weighted by molar-refractivity contribution is 0.0950. The van der Waals surface area contributed by atoms with Crippen LogP contribution in [0.4, 0.5) is 0 Å². The van der Waals surface area contributed by atoms with E-state index in [0.717, 1.165) is 18.7 Å². The number of amides is 1. The maximum absolute atomic E-state index is 12.3. The van der Waals surface area contributed by atoms with Crippen LogP contribution >= 0.6 is 24.8 Å². The molecule has 7 heteroatoms. The zero-order chi connectivity index (χ0) is 17.6. The summed E-state index contributed by atoms with van der Waals surface area (Å²) >= 11 is 0. The number of rotatable bonds is 6. The molecule has 2 aromatic rings. The Kier molecular flexibility index (Phi) is 9.88. The lowest BCUT2D eigenvalue weighted by atomic mass is 10.0. The van der Waals surface area contributed by atoms with Gasteiger partial charge in [-0.05, 0) is 43.5 Å². The molecule has 1 fully saturated rings. The molecule has 0 saturated carbocycles. The lowest BCUT2D eigenvalue weighted by Crippen LogP contribution is -2.37. The molecule has 5 nitrogen and oxygen atoms in total. The highest BCUT2D eigenvalue weighted by Gasteiger charge is 2.19. The van der Waals surface area contributed by atoms with E-state index in [1.54, 1.807) is 6.07 Å². The molecule has 1 unspecified atom stereocenters. The third-order valence-electron chi connectivity index (χ3n) is 4.99. The van der Waals surface area contributed by atoms with Crippen LogP contribution in [0.25, 0.3) is 0 Å². The second-order valence-corrected chi connectivity index (χ2v) is 6.77. The molecular formula is C20H29Cl2N3O2. The van der Waals surface area contributed by atoms with E-state index in [0.29, 0.717) is 30.5 Å². The number of nitrogens with two attached hydrogens (primary N) is 1. The monoisotopic (exact) mass is 413 g/mol. The number of halogens is 2. The number of nitrogens with one attached hydrogen (secondary N) is 1. The van der Waals surface area contributed by atoms with Crippen molar-refractivity contribution in [3.05, 3.63) is 59.0 Å². The summed E-state index contributed by atoms with van der Waals surface area (Å²) in [7, 11) is 0. The zero-order valence-corrected chi connectivity index (χ0v) is 17.3. The van der Waals surface area contributed by atoms with E-state index in [9.17, 15) is 4.79 Å². The van der Waals surface area contributed by atoms with Crippen LogP contribution < -0.4 is 11.1 Å². The summed E-state index contributed by atoms with van der Waals surface area (Å²) in [6.45, 7) is 5.21. The van der Waals surface area contributed by atoms with Gasteiger partial charge in [-0.15, -0.1) is 24.8 Å². The van der Waals surface area contributed by atoms with Crippen LogP contribution in [0.5, 0.6) is 0 Å². The number of carbonyl (C=O) groups excluding carboxylic acids is 1. The second kappa shape index (κ2) is 11.3. The molecule has 1 aliphatic rings. The van der Waals surface area contributed by atoms with Gasteiger partial charge in [-0.1, -0.05) is 30.7 Å². The van der Waals surface area contributed by atoms with Crippen molar-refractivity contribution in [2.45, 2.75) is 51.9 Å². The minimum absolute atomic E-state index is 0. The highest BCUT2D eigenvalue weighted by Crippen LogP contribution is 2.21. The van der Waals surface area contributed by atoms with E-state index in [4.69, 9.17) is 10.2 Å². The zero-order valence-electron chi connectivity index (χ0n) is 15.6. The highest BCUT2D eigenvalue weighted by atomic mass is 35.5. The minimum Gasteiger partial charge on any atom is -0.467 e. The number of piperidine rings is 1. The highest BCUT2D eigenvalue weighted by molar-refractivity contribution is 5.93. The number of hydrogen-bond donors (Lipinski definition) is 2. The van der Waals surface area contributed by atoms with Crippen molar-refractivity contribution < 1.29 is 9.21 Å². The van der Waals surface area contributed by atoms with Crippen molar-refractivity contribution in [2.75, 3.05) is 6.54 Å². The molecule has 0 aliphatic carbocycles. The quantitative estimate of drug-likeness (QED) is 0.753. The topological polar surface area (TPSA) is 71.5 Å². The number of carbonyl (C=O) groups is 1. The van der Waals surface area contributed by atoms with Gasteiger partial charge in [0.2, 0.25) is 0 Å². The van der Waals surface area contributed by atoms with Crippen molar-refractivity contribution in [3.63, 3.8) is 0 Å². The predicted molar refractivity (Wildman–Crippen MR) is 112 cm³/mol. The third kappa shape index (κ3) is 6.25. The van der Waals surface area contributed by atoms with Gasteiger partial charge in [-0.25, -0.2) is 0 Å². The Labute approximate surface area is 173 Å². The number of hydrogen-bond acceptors (Lipinski definition) is 4. The molecule has 2 heterocycles. The normalized spacial score (nSPS) is 16.9. The fraction of sp³-hybridized carbons (Fsp3) is 0.450. The molecule has 0 radical (unpaired) electrons. The van der Waals surface area contributed by atoms with E-state index in [1.807, 2.05) is 6.07 Å². The standard InChI is InChI=1S/C20H27N3O2.2ClH/c1-15-6-4-5-9-23(15)13-17-8-3-2-7-16(17)12-22-20(24)18-10-19(11-21)25-14-18;;/h2-3,7-8,10,14-15H,4-6,9,11-13,21H2,1H3,(H,22,24);2*1H. The Morgan fingerprint density at radius 1 is 1.26 bits per heavy atom. The first kappa shape index (κ1) is 23.5. The van der Waals surface area contributed by atoms with E-state index in [1.165, 1.54) is 31.1 Å². The van der Waals surface area contributed by atoms with Gasteiger partial charge in [0.1, 0.15) is 12.0 Å². The number of likely N-dealkylation sites (tertiary alicyclic amines) is 1. The van der Waals surface area contributed by atoms with E-state index in [2.05, 4.69) is 35.3 Å². The summed E-state index contributed by atoms with van der Waals surface area (Å²) in [5, 5.41) is 2.98. The number of furan rings is 1. The number of nitrogens with zero attached hydrogens (tertiary/aromatic N) is 1. The summed E-state index contributed by atoms with van der Waals surface area (Å²) in [5.41, 5.74) is 8.48. The van der Waals surface area contributed by atoms with Gasteiger partial charge in [0, 0.05) is 19.1 Å². The van der Waals surface area contributed by atoms with Crippen molar-refractivity contribution in [2.24, 2.45) is 5.73 Å². The molecule has 27 heavy (non-hydrogen) atoms. The molecule has 1 amide bonds. The summed E-state index contributed by atoms with van der Waals surface area (Å²) in [6, 6.07) is 10.7. The average molecular weight is 414 g/mol. The minimum atomic E-state index is -0.135. The van der Waals surface area contributed by atoms with Gasteiger partial charge < -0.3 is 15.5 Å². The van der Waals surface area contributed by atoms with Crippen molar-refractivity contribution in [1.29, 1.82) is 0 Å². The first-order valence-electron chi connectivity index (χ1n) is 9.04. The molecule has 0 spiro atoms. The lowest BCUT2D eigenvalue weighted by Gasteiger charge is -2.33. The van der Waals surface area contributed by atoms with Crippen LogP contribution in [0.3, 0.4) is 0 Å². The summed E-state index contributed by atoms with van der Waals surface area (Å²) in [4.78, 5) is 14.8. The molecule has 3 rings (SSSR count). The van der Waals surface area contributed by atoms with Crippen LogP contribution in [0, 0.1) is 0 Å². The first-order chi connectivity index (χ1) is 12.2. The SMILES string of the molecule is CC1CCCCN1Cc1ccccc1CNC(=O)c1coc(CN)c1.Cl.Cl. The van der Waals surface area contributed by atoms with Crippen LogP contribution in [-0.4, -0.2) is 23.4 Å². The second-order valence-electron chi connectivity index (χ2n) is 6.77. The van der Waals surface area contributed by atoms with Crippen molar-refractivity contribution in [1.82, 2.24) is 10.2 Å². The van der Waals surface area contributed by atoms with Crippen LogP contribution in [0.1, 0.15) is 53.4 Å². The predicted octanol–water partition coefficient (Wildman–Crippen LogP) is 3.89. The van der Waals surface area contributed by atoms with Gasteiger partial charge >= 0.3 is 0 Å². The van der Waals surface area contributed by atoms with Crippen LogP contribution in [0.15, 0.2) is 41.0 Å². The molecule has 1 aromatic heterocycles. The Balaban J connectivity index is 0.00000182. The van der Waals surface area contributed by atoms with E-state index < -0.39 is 0 Å². The van der Waals surface area contributed by atoms with Gasteiger partial charge in [0.05, 0.1) is 12.1 Å². The van der Waals surface area contributed by atoms with Gasteiger partial charge in [-0.2, -0.15) is 0 Å². The van der Waals surface area contributed by atoms with Crippen LogP contribution in [-0.2, 0) is 19.6 Å².